The molecule has 37 heavy (non-hydrogen) atoms. The van der Waals surface area contributed by atoms with Crippen molar-refractivity contribution in [2.45, 2.75) is 31.7 Å². The van der Waals surface area contributed by atoms with Crippen molar-refractivity contribution in [2.24, 2.45) is 0 Å². The predicted octanol–water partition coefficient (Wildman–Crippen LogP) is 5.78. The largest absolute Gasteiger partial charge is 0.453 e. The Morgan fingerprint density at radius 2 is 1.78 bits per heavy atom. The molecule has 1 unspecified atom stereocenters. The van der Waals surface area contributed by atoms with Crippen LogP contribution < -0.4 is 5.32 Å². The number of ether oxygens (including phenoxy) is 1. The molecule has 0 spiro atoms. The van der Waals surface area contributed by atoms with Crippen LogP contribution in [0.3, 0.4) is 0 Å². The molecule has 1 aliphatic carbocycles. The van der Waals surface area contributed by atoms with E-state index in [9.17, 15) is 9.59 Å². The summed E-state index contributed by atoms with van der Waals surface area (Å²) >= 11 is 3.59. The number of fused-ring (bicyclic) bond motifs is 4. The third-order valence-electron chi connectivity index (χ3n) is 7.42. The molecule has 0 saturated carbocycles. The lowest BCUT2D eigenvalue weighted by molar-refractivity contribution is -0.131. The average Bonchev–Trinajstić information content (AvgIpc) is 3.57. The van der Waals surface area contributed by atoms with Crippen molar-refractivity contribution in [3.63, 3.8) is 0 Å². The minimum absolute atomic E-state index is 0.0897. The van der Waals surface area contributed by atoms with E-state index in [0.717, 1.165) is 52.6 Å². The van der Waals surface area contributed by atoms with Crippen LogP contribution in [0, 0.1) is 0 Å². The van der Waals surface area contributed by atoms with E-state index in [0.29, 0.717) is 6.54 Å². The van der Waals surface area contributed by atoms with E-state index < -0.39 is 6.09 Å². The van der Waals surface area contributed by atoms with E-state index >= 15 is 0 Å². The summed E-state index contributed by atoms with van der Waals surface area (Å²) in [6, 6.07) is 19.4. The summed E-state index contributed by atoms with van der Waals surface area (Å²) in [4.78, 5) is 34.2. The van der Waals surface area contributed by atoms with Crippen LogP contribution in [0.2, 0.25) is 0 Å². The van der Waals surface area contributed by atoms with Gasteiger partial charge < -0.3 is 19.9 Å². The molecule has 2 aliphatic rings. The first-order chi connectivity index (χ1) is 18.0. The topological polar surface area (TPSA) is 87.3 Å². The van der Waals surface area contributed by atoms with Crippen LogP contribution in [0.25, 0.3) is 33.3 Å². The third-order valence-corrected chi connectivity index (χ3v) is 7.91. The summed E-state index contributed by atoms with van der Waals surface area (Å²) in [6.45, 7) is 0.553. The second kappa shape index (κ2) is 9.67. The molecule has 188 valence electrons. The molecule has 2 amide bonds. The first kappa shape index (κ1) is 23.7. The van der Waals surface area contributed by atoms with Crippen LogP contribution in [0.1, 0.15) is 35.8 Å². The van der Waals surface area contributed by atoms with Gasteiger partial charge in [0.05, 0.1) is 24.2 Å². The highest BCUT2D eigenvalue weighted by Crippen LogP contribution is 2.38. The first-order valence-electron chi connectivity index (χ1n) is 12.5. The fourth-order valence-corrected chi connectivity index (χ4v) is 5.99. The number of carbonyl (C=O) groups excluding carboxylic acids is 2. The van der Waals surface area contributed by atoms with Crippen molar-refractivity contribution in [3.8, 4) is 22.3 Å². The van der Waals surface area contributed by atoms with E-state index in [1.165, 1.54) is 34.9 Å². The van der Waals surface area contributed by atoms with Crippen molar-refractivity contribution >= 4 is 39.0 Å². The summed E-state index contributed by atoms with van der Waals surface area (Å²) < 4.78 is 5.70. The van der Waals surface area contributed by atoms with Gasteiger partial charge in [0.25, 0.3) is 0 Å². The first-order valence-corrected chi connectivity index (χ1v) is 13.3. The number of nitrogens with one attached hydrogen (secondary N) is 2. The van der Waals surface area contributed by atoms with Gasteiger partial charge >= 0.3 is 6.09 Å². The Morgan fingerprint density at radius 1 is 1.05 bits per heavy atom. The number of H-pyrrole nitrogens is 1. The van der Waals surface area contributed by atoms with Crippen molar-refractivity contribution in [3.05, 3.63) is 76.0 Å². The molecule has 4 aromatic rings. The number of aromatic amines is 1. The van der Waals surface area contributed by atoms with Gasteiger partial charge in [-0.1, -0.05) is 46.3 Å². The molecule has 2 heterocycles. The fourth-order valence-electron chi connectivity index (χ4n) is 5.58. The van der Waals surface area contributed by atoms with Gasteiger partial charge in [-0.2, -0.15) is 0 Å². The molecule has 0 radical (unpaired) electrons. The SMILES string of the molecule is COC(=O)NCC(=O)N1CCCC1c1nc2ccc(-c3ccc4c(c3)CCc3cc(Br)ccc3-4)cc2[nH]1. The summed E-state index contributed by atoms with van der Waals surface area (Å²) in [5.41, 5.74) is 9.55. The highest BCUT2D eigenvalue weighted by Gasteiger charge is 2.32. The molecule has 2 N–H and O–H groups in total. The van der Waals surface area contributed by atoms with E-state index in [-0.39, 0.29) is 18.5 Å². The Labute approximate surface area is 223 Å². The molecule has 1 aromatic heterocycles. The molecule has 0 bridgehead atoms. The van der Waals surface area contributed by atoms with E-state index in [2.05, 4.69) is 79.5 Å². The normalized spacial score (nSPS) is 16.4. The van der Waals surface area contributed by atoms with Crippen LogP contribution in [0.15, 0.2) is 59.1 Å². The fraction of sp³-hybridized carbons (Fsp3) is 0.276. The van der Waals surface area contributed by atoms with Gasteiger partial charge in [0, 0.05) is 11.0 Å². The molecule has 1 saturated heterocycles. The minimum Gasteiger partial charge on any atom is -0.453 e. The molecule has 1 fully saturated rings. The number of halogens is 1. The Kier molecular flexibility index (Phi) is 6.20. The van der Waals surface area contributed by atoms with Crippen LogP contribution in [-0.4, -0.2) is 47.1 Å². The number of likely N-dealkylation sites (tertiary alicyclic amines) is 1. The summed E-state index contributed by atoms with van der Waals surface area (Å²) in [7, 11) is 1.28. The van der Waals surface area contributed by atoms with Gasteiger partial charge in [0.15, 0.2) is 0 Å². The highest BCUT2D eigenvalue weighted by molar-refractivity contribution is 9.10. The molecule has 1 atom stereocenters. The van der Waals surface area contributed by atoms with Gasteiger partial charge in [-0.05, 0) is 83.3 Å². The van der Waals surface area contributed by atoms with E-state index in [1.54, 1.807) is 4.90 Å². The maximum atomic E-state index is 12.7. The van der Waals surface area contributed by atoms with Gasteiger partial charge in [-0.25, -0.2) is 9.78 Å². The smallest absolute Gasteiger partial charge is 0.407 e. The lowest BCUT2D eigenvalue weighted by atomic mass is 9.84. The van der Waals surface area contributed by atoms with Crippen molar-refractivity contribution in [1.29, 1.82) is 0 Å². The summed E-state index contributed by atoms with van der Waals surface area (Å²) in [5.74, 6) is 0.640. The molecule has 8 heteroatoms. The van der Waals surface area contributed by atoms with Crippen LogP contribution in [-0.2, 0) is 22.4 Å². The number of aromatic nitrogens is 2. The summed E-state index contributed by atoms with van der Waals surface area (Å²) in [5, 5.41) is 2.48. The molecular weight excluding hydrogens is 532 g/mol. The van der Waals surface area contributed by atoms with E-state index in [4.69, 9.17) is 4.98 Å². The predicted molar refractivity (Wildman–Crippen MR) is 146 cm³/mol. The van der Waals surface area contributed by atoms with Crippen molar-refractivity contribution in [1.82, 2.24) is 20.2 Å². The Hall–Kier alpha value is -3.65. The number of rotatable bonds is 4. The molecule has 3 aromatic carbocycles. The van der Waals surface area contributed by atoms with Gasteiger partial charge in [0.1, 0.15) is 12.4 Å². The van der Waals surface area contributed by atoms with Crippen molar-refractivity contribution < 1.29 is 14.3 Å². The van der Waals surface area contributed by atoms with E-state index in [1.807, 2.05) is 6.07 Å². The molecule has 7 nitrogen and oxygen atoms in total. The van der Waals surface area contributed by atoms with Gasteiger partial charge in [0.2, 0.25) is 5.91 Å². The number of nitrogens with zero attached hydrogens (tertiary/aromatic N) is 2. The zero-order valence-corrected chi connectivity index (χ0v) is 22.1. The molecular formula is C29H27BrN4O3. The Balaban J connectivity index is 1.26. The van der Waals surface area contributed by atoms with Crippen molar-refractivity contribution in [2.75, 3.05) is 20.2 Å². The number of carbonyl (C=O) groups is 2. The average molecular weight is 559 g/mol. The highest BCUT2D eigenvalue weighted by atomic mass is 79.9. The van der Waals surface area contributed by atoms with Crippen LogP contribution >= 0.6 is 15.9 Å². The number of alkyl carbamates (subject to hydrolysis) is 1. The number of benzene rings is 3. The number of methoxy groups -OCH3 is 1. The van der Waals surface area contributed by atoms with Gasteiger partial charge in [-0.3, -0.25) is 4.79 Å². The number of hydrogen-bond acceptors (Lipinski definition) is 4. The second-order valence-electron chi connectivity index (χ2n) is 9.62. The number of aryl methyl sites for hydroxylation is 2. The second-order valence-corrected chi connectivity index (χ2v) is 10.5. The number of amides is 2. The maximum absolute atomic E-state index is 12.7. The lowest BCUT2D eigenvalue weighted by Crippen LogP contribution is -2.40. The zero-order valence-electron chi connectivity index (χ0n) is 20.5. The third kappa shape index (κ3) is 4.50. The van der Waals surface area contributed by atoms with Crippen LogP contribution in [0.5, 0.6) is 0 Å². The quantitative estimate of drug-likeness (QED) is 0.332. The lowest BCUT2D eigenvalue weighted by Gasteiger charge is -2.23. The number of hydrogen-bond donors (Lipinski definition) is 2. The zero-order chi connectivity index (χ0) is 25.5. The number of imidazole rings is 1. The Bertz CT molecular complexity index is 1530. The van der Waals surface area contributed by atoms with Crippen LogP contribution in [0.4, 0.5) is 4.79 Å². The molecule has 6 rings (SSSR count). The van der Waals surface area contributed by atoms with Gasteiger partial charge in [-0.15, -0.1) is 0 Å². The minimum atomic E-state index is -0.611. The monoisotopic (exact) mass is 558 g/mol. The standard InChI is InChI=1S/C29H27BrN4O3/c1-37-29(36)31-16-27(35)34-12-2-3-26(34)28-32-24-11-7-18(15-25(24)33-28)17-6-9-22-19(13-17)4-5-20-14-21(30)8-10-23(20)22/h6-11,13-15,26H,2-5,12,16H2,1H3,(H,31,36)(H,32,33). The Morgan fingerprint density at radius 3 is 2.59 bits per heavy atom. The molecule has 1 aliphatic heterocycles. The summed E-state index contributed by atoms with van der Waals surface area (Å²) in [6.07, 6.45) is 3.19. The maximum Gasteiger partial charge on any atom is 0.407 e.